The fourth-order valence-corrected chi connectivity index (χ4v) is 4.11. The fraction of sp³-hybridized carbons (Fsp3) is 0.400. The molecule has 2 heterocycles. The van der Waals surface area contributed by atoms with Crippen LogP contribution in [0.1, 0.15) is 22.5 Å². The Balaban J connectivity index is 1.95. The number of amides is 1. The first-order chi connectivity index (χ1) is 10.4. The first-order valence-electron chi connectivity index (χ1n) is 7.13. The van der Waals surface area contributed by atoms with Gasteiger partial charge in [-0.1, -0.05) is 0 Å². The maximum Gasteiger partial charge on any atom is 0.263 e. The second kappa shape index (κ2) is 5.55. The lowest BCUT2D eigenvalue weighted by molar-refractivity contribution is 0.0797. The van der Waals surface area contributed by atoms with E-state index in [9.17, 15) is 13.2 Å². The molecule has 0 spiro atoms. The van der Waals surface area contributed by atoms with Gasteiger partial charge in [0.25, 0.3) is 5.91 Å². The molecule has 22 heavy (non-hydrogen) atoms. The third kappa shape index (κ3) is 2.83. The zero-order chi connectivity index (χ0) is 15.9. The normalized spacial score (nSPS) is 15.5. The summed E-state index contributed by atoms with van der Waals surface area (Å²) in [5.41, 5.74) is 0.605. The van der Waals surface area contributed by atoms with Gasteiger partial charge in [-0.25, -0.2) is 8.42 Å². The van der Waals surface area contributed by atoms with Crippen molar-refractivity contribution >= 4 is 43.0 Å². The van der Waals surface area contributed by atoms with E-state index in [4.69, 9.17) is 0 Å². The van der Waals surface area contributed by atoms with Gasteiger partial charge in [0.15, 0.2) is 0 Å². The van der Waals surface area contributed by atoms with Gasteiger partial charge in [0.1, 0.15) is 0 Å². The lowest BCUT2D eigenvalue weighted by Gasteiger charge is -2.16. The molecule has 1 aliphatic heterocycles. The van der Waals surface area contributed by atoms with Crippen molar-refractivity contribution in [3.63, 3.8) is 0 Å². The van der Waals surface area contributed by atoms with Crippen LogP contribution >= 0.6 is 11.3 Å². The van der Waals surface area contributed by atoms with Crippen LogP contribution in [0.4, 0.5) is 5.69 Å². The number of hydrogen-bond acceptors (Lipinski definition) is 4. The lowest BCUT2D eigenvalue weighted by atomic mass is 10.2. The van der Waals surface area contributed by atoms with E-state index in [-0.39, 0.29) is 5.91 Å². The van der Waals surface area contributed by atoms with Crippen LogP contribution in [0.15, 0.2) is 24.3 Å². The number of likely N-dealkylation sites (tertiary alicyclic amines) is 1. The molecule has 7 heteroatoms. The van der Waals surface area contributed by atoms with Crippen LogP contribution in [0.25, 0.3) is 10.1 Å². The molecule has 0 radical (unpaired) electrons. The summed E-state index contributed by atoms with van der Waals surface area (Å²) in [5, 5.41) is 0.903. The zero-order valence-electron chi connectivity index (χ0n) is 12.6. The Morgan fingerprint density at radius 1 is 1.23 bits per heavy atom. The summed E-state index contributed by atoms with van der Waals surface area (Å²) in [6.07, 6.45) is 3.31. The Kier molecular flexibility index (Phi) is 3.86. The maximum atomic E-state index is 12.4. The van der Waals surface area contributed by atoms with E-state index < -0.39 is 10.0 Å². The largest absolute Gasteiger partial charge is 0.338 e. The molecule has 2 aromatic rings. The Labute approximate surface area is 134 Å². The van der Waals surface area contributed by atoms with E-state index in [0.717, 1.165) is 40.9 Å². The molecular formula is C15H18N2O3S2. The van der Waals surface area contributed by atoms with E-state index in [0.29, 0.717) is 5.69 Å². The van der Waals surface area contributed by atoms with Crippen LogP contribution in [-0.4, -0.2) is 45.6 Å². The summed E-state index contributed by atoms with van der Waals surface area (Å²) in [7, 11) is -1.76. The van der Waals surface area contributed by atoms with Gasteiger partial charge in [-0.15, -0.1) is 11.3 Å². The third-order valence-electron chi connectivity index (χ3n) is 3.97. The summed E-state index contributed by atoms with van der Waals surface area (Å²) < 4.78 is 25.5. The molecule has 0 atom stereocenters. The number of carbonyl (C=O) groups excluding carboxylic acids is 1. The second-order valence-electron chi connectivity index (χ2n) is 5.56. The van der Waals surface area contributed by atoms with Crippen molar-refractivity contribution < 1.29 is 13.2 Å². The number of carbonyl (C=O) groups is 1. The zero-order valence-corrected chi connectivity index (χ0v) is 14.2. The number of benzene rings is 1. The van der Waals surface area contributed by atoms with E-state index >= 15 is 0 Å². The topological polar surface area (TPSA) is 57.7 Å². The fourth-order valence-electron chi connectivity index (χ4n) is 2.60. The quantitative estimate of drug-likeness (QED) is 0.864. The predicted molar refractivity (Wildman–Crippen MR) is 90.2 cm³/mol. The highest BCUT2D eigenvalue weighted by atomic mass is 32.2. The van der Waals surface area contributed by atoms with Crippen LogP contribution < -0.4 is 4.31 Å². The van der Waals surface area contributed by atoms with Gasteiger partial charge in [0.2, 0.25) is 10.0 Å². The highest BCUT2D eigenvalue weighted by Crippen LogP contribution is 2.31. The van der Waals surface area contributed by atoms with E-state index in [1.165, 1.54) is 28.9 Å². The van der Waals surface area contributed by atoms with E-state index in [1.807, 2.05) is 23.1 Å². The van der Waals surface area contributed by atoms with Crippen LogP contribution in [0.3, 0.4) is 0 Å². The van der Waals surface area contributed by atoms with Crippen molar-refractivity contribution in [2.24, 2.45) is 0 Å². The molecule has 0 saturated carbocycles. The molecule has 118 valence electrons. The highest BCUT2D eigenvalue weighted by Gasteiger charge is 2.21. The summed E-state index contributed by atoms with van der Waals surface area (Å²) in [5.74, 6) is 0.0803. The van der Waals surface area contributed by atoms with Gasteiger partial charge in [0.05, 0.1) is 16.8 Å². The first-order valence-corrected chi connectivity index (χ1v) is 9.79. The average Bonchev–Trinajstić information content (AvgIpc) is 3.13. The average molecular weight is 338 g/mol. The Morgan fingerprint density at radius 3 is 2.55 bits per heavy atom. The number of thiophene rings is 1. The van der Waals surface area contributed by atoms with Crippen LogP contribution in [0.2, 0.25) is 0 Å². The third-order valence-corrected chi connectivity index (χ3v) is 6.27. The predicted octanol–water partition coefficient (Wildman–Crippen LogP) is 2.53. The first kappa shape index (κ1) is 15.3. The van der Waals surface area contributed by atoms with E-state index in [1.54, 1.807) is 6.07 Å². The Bertz CT molecular complexity index is 820. The second-order valence-corrected chi connectivity index (χ2v) is 8.66. The van der Waals surface area contributed by atoms with Crippen molar-refractivity contribution in [3.8, 4) is 0 Å². The highest BCUT2D eigenvalue weighted by molar-refractivity contribution is 7.92. The van der Waals surface area contributed by atoms with Crippen molar-refractivity contribution in [1.82, 2.24) is 4.90 Å². The molecule has 1 fully saturated rings. The molecule has 1 aliphatic rings. The SMILES string of the molecule is CN(c1ccc2sc(C(=O)N3CCCC3)cc2c1)S(C)(=O)=O. The molecule has 1 aromatic carbocycles. The van der Waals surface area contributed by atoms with Gasteiger partial charge in [-0.2, -0.15) is 0 Å². The minimum atomic E-state index is -3.29. The molecule has 0 N–H and O–H groups in total. The number of sulfonamides is 1. The van der Waals surface area contributed by atoms with Crippen molar-refractivity contribution in [3.05, 3.63) is 29.1 Å². The van der Waals surface area contributed by atoms with Gasteiger partial charge in [-0.3, -0.25) is 9.10 Å². The summed E-state index contributed by atoms with van der Waals surface area (Å²) >= 11 is 1.46. The molecule has 1 amide bonds. The summed E-state index contributed by atoms with van der Waals surface area (Å²) in [4.78, 5) is 15.0. The molecular weight excluding hydrogens is 320 g/mol. The maximum absolute atomic E-state index is 12.4. The van der Waals surface area contributed by atoms with E-state index in [2.05, 4.69) is 0 Å². The van der Waals surface area contributed by atoms with Gasteiger partial charge in [-0.05, 0) is 42.5 Å². The smallest absolute Gasteiger partial charge is 0.263 e. The molecule has 0 aliphatic carbocycles. The van der Waals surface area contributed by atoms with Gasteiger partial charge >= 0.3 is 0 Å². The van der Waals surface area contributed by atoms with Gasteiger partial charge < -0.3 is 4.90 Å². The van der Waals surface area contributed by atoms with Crippen LogP contribution in [0.5, 0.6) is 0 Å². The number of fused-ring (bicyclic) bond motifs is 1. The number of rotatable bonds is 3. The molecule has 0 unspecified atom stereocenters. The standard InChI is InChI=1S/C15H18N2O3S2/c1-16(22(2,19)20)12-5-6-13-11(9-12)10-14(21-13)15(18)17-7-3-4-8-17/h5-6,9-10H,3-4,7-8H2,1-2H3. The Morgan fingerprint density at radius 2 is 1.91 bits per heavy atom. The molecule has 1 aromatic heterocycles. The van der Waals surface area contributed by atoms with Crippen LogP contribution in [0, 0.1) is 0 Å². The van der Waals surface area contributed by atoms with Gasteiger partial charge in [0, 0.05) is 24.8 Å². The Hall–Kier alpha value is -1.60. The van der Waals surface area contributed by atoms with Crippen molar-refractivity contribution in [1.29, 1.82) is 0 Å². The van der Waals surface area contributed by atoms with Crippen LogP contribution in [-0.2, 0) is 10.0 Å². The number of anilines is 1. The molecule has 0 bridgehead atoms. The minimum absolute atomic E-state index is 0.0803. The molecule has 1 saturated heterocycles. The number of nitrogens with zero attached hydrogens (tertiary/aromatic N) is 2. The molecule has 5 nitrogen and oxygen atoms in total. The van der Waals surface area contributed by atoms with Crippen molar-refractivity contribution in [2.75, 3.05) is 30.7 Å². The lowest BCUT2D eigenvalue weighted by Crippen LogP contribution is -2.26. The minimum Gasteiger partial charge on any atom is -0.338 e. The van der Waals surface area contributed by atoms with Crippen molar-refractivity contribution in [2.45, 2.75) is 12.8 Å². The molecule has 3 rings (SSSR count). The monoisotopic (exact) mass is 338 g/mol. The summed E-state index contributed by atoms with van der Waals surface area (Å²) in [6, 6.07) is 7.32. The number of hydrogen-bond donors (Lipinski definition) is 0. The summed E-state index contributed by atoms with van der Waals surface area (Å²) in [6.45, 7) is 1.66.